The summed E-state index contributed by atoms with van der Waals surface area (Å²) < 4.78 is 0. The number of nitrogens with two attached hydrogens (primary N) is 1. The van der Waals surface area contributed by atoms with E-state index in [0.717, 1.165) is 18.2 Å². The summed E-state index contributed by atoms with van der Waals surface area (Å²) in [5.41, 5.74) is 4.03. The lowest BCUT2D eigenvalue weighted by Gasteiger charge is -2.11. The molecule has 4 N–H and O–H groups in total. The Kier molecular flexibility index (Phi) is 4.20. The molecule has 0 spiro atoms. The minimum Gasteiger partial charge on any atom is -0.352 e. The van der Waals surface area contributed by atoms with Gasteiger partial charge in [0.1, 0.15) is 0 Å². The van der Waals surface area contributed by atoms with E-state index in [0.29, 0.717) is 11.5 Å². The third-order valence-electron chi connectivity index (χ3n) is 3.67. The standard InChI is InChI=1S/C14H21N3O/c1-10-2-3-11(8-10)9-16-14(18)12-4-6-13(17-15)7-5-12/h4-7,10-11,17H,2-3,8-9,15H2,1H3,(H,16,18). The van der Waals surface area contributed by atoms with E-state index in [1.54, 1.807) is 24.3 Å². The smallest absolute Gasteiger partial charge is 0.251 e. The van der Waals surface area contributed by atoms with Gasteiger partial charge in [-0.2, -0.15) is 0 Å². The van der Waals surface area contributed by atoms with E-state index in [2.05, 4.69) is 17.7 Å². The number of carbonyl (C=O) groups excluding carboxylic acids is 1. The number of hydrogen-bond donors (Lipinski definition) is 3. The molecule has 1 fully saturated rings. The zero-order valence-corrected chi connectivity index (χ0v) is 10.8. The van der Waals surface area contributed by atoms with Gasteiger partial charge in [-0.3, -0.25) is 10.6 Å². The molecule has 1 aromatic rings. The van der Waals surface area contributed by atoms with Crippen LogP contribution in [-0.4, -0.2) is 12.5 Å². The van der Waals surface area contributed by atoms with E-state index in [1.165, 1.54) is 19.3 Å². The van der Waals surface area contributed by atoms with E-state index in [1.807, 2.05) is 0 Å². The van der Waals surface area contributed by atoms with Crippen molar-refractivity contribution in [1.29, 1.82) is 0 Å². The fraction of sp³-hybridized carbons (Fsp3) is 0.500. The predicted octanol–water partition coefficient (Wildman–Crippen LogP) is 2.14. The van der Waals surface area contributed by atoms with Crippen LogP contribution in [0.2, 0.25) is 0 Å². The Balaban J connectivity index is 1.83. The van der Waals surface area contributed by atoms with E-state index >= 15 is 0 Å². The second kappa shape index (κ2) is 5.87. The molecule has 2 rings (SSSR count). The first-order valence-electron chi connectivity index (χ1n) is 6.54. The first-order chi connectivity index (χ1) is 8.69. The lowest BCUT2D eigenvalue weighted by atomic mass is 10.1. The van der Waals surface area contributed by atoms with Crippen molar-refractivity contribution in [2.75, 3.05) is 12.0 Å². The predicted molar refractivity (Wildman–Crippen MR) is 73.1 cm³/mol. The van der Waals surface area contributed by atoms with Gasteiger partial charge in [-0.25, -0.2) is 0 Å². The quantitative estimate of drug-likeness (QED) is 0.564. The molecular weight excluding hydrogens is 226 g/mol. The first kappa shape index (κ1) is 12.9. The van der Waals surface area contributed by atoms with E-state index in [4.69, 9.17) is 5.84 Å². The SMILES string of the molecule is CC1CCC(CNC(=O)c2ccc(NN)cc2)C1. The molecule has 98 valence electrons. The summed E-state index contributed by atoms with van der Waals surface area (Å²) in [5, 5.41) is 3.01. The third kappa shape index (κ3) is 3.23. The van der Waals surface area contributed by atoms with Crippen LogP contribution in [0.25, 0.3) is 0 Å². The molecule has 1 aromatic carbocycles. The van der Waals surface area contributed by atoms with Gasteiger partial charge >= 0.3 is 0 Å². The highest BCUT2D eigenvalue weighted by Crippen LogP contribution is 2.29. The van der Waals surface area contributed by atoms with Crippen molar-refractivity contribution in [3.63, 3.8) is 0 Å². The number of hydrogen-bond acceptors (Lipinski definition) is 3. The molecule has 0 aromatic heterocycles. The van der Waals surface area contributed by atoms with E-state index < -0.39 is 0 Å². The number of hydrazine groups is 1. The Bertz CT molecular complexity index is 402. The summed E-state index contributed by atoms with van der Waals surface area (Å²) in [6.07, 6.45) is 3.76. The van der Waals surface area contributed by atoms with E-state index in [9.17, 15) is 4.79 Å². The molecule has 1 saturated carbocycles. The molecule has 0 radical (unpaired) electrons. The minimum atomic E-state index is -0.00174. The number of nitrogen functional groups attached to an aromatic ring is 1. The molecule has 4 nitrogen and oxygen atoms in total. The Hall–Kier alpha value is -1.55. The molecule has 18 heavy (non-hydrogen) atoms. The zero-order valence-electron chi connectivity index (χ0n) is 10.8. The van der Waals surface area contributed by atoms with E-state index in [-0.39, 0.29) is 5.91 Å². The molecular formula is C14H21N3O. The van der Waals surface area contributed by atoms with Gasteiger partial charge in [0.15, 0.2) is 0 Å². The van der Waals surface area contributed by atoms with Gasteiger partial charge in [0.2, 0.25) is 0 Å². The second-order valence-electron chi connectivity index (χ2n) is 5.22. The molecule has 1 aliphatic rings. The average molecular weight is 247 g/mol. The first-order valence-corrected chi connectivity index (χ1v) is 6.54. The van der Waals surface area contributed by atoms with Crippen molar-refractivity contribution in [1.82, 2.24) is 5.32 Å². The topological polar surface area (TPSA) is 67.2 Å². The molecule has 4 heteroatoms. The number of anilines is 1. The van der Waals surface area contributed by atoms with Crippen molar-refractivity contribution in [3.05, 3.63) is 29.8 Å². The number of benzene rings is 1. The average Bonchev–Trinajstić information content (AvgIpc) is 2.82. The second-order valence-corrected chi connectivity index (χ2v) is 5.22. The minimum absolute atomic E-state index is 0.00174. The monoisotopic (exact) mass is 247 g/mol. The Morgan fingerprint density at radius 1 is 1.33 bits per heavy atom. The number of carbonyl (C=O) groups is 1. The van der Waals surface area contributed by atoms with Gasteiger partial charge in [0.05, 0.1) is 0 Å². The van der Waals surface area contributed by atoms with Crippen LogP contribution in [0.1, 0.15) is 36.5 Å². The largest absolute Gasteiger partial charge is 0.352 e. The molecule has 0 heterocycles. The Labute approximate surface area is 108 Å². The van der Waals surface area contributed by atoms with Crippen LogP contribution >= 0.6 is 0 Å². The highest BCUT2D eigenvalue weighted by Gasteiger charge is 2.21. The maximum absolute atomic E-state index is 11.9. The molecule has 0 bridgehead atoms. The van der Waals surface area contributed by atoms with Crippen LogP contribution in [0.15, 0.2) is 24.3 Å². The maximum atomic E-state index is 11.9. The van der Waals surface area contributed by atoms with Gasteiger partial charge in [-0.1, -0.05) is 13.3 Å². The highest BCUT2D eigenvalue weighted by atomic mass is 16.1. The lowest BCUT2D eigenvalue weighted by molar-refractivity contribution is 0.0947. The van der Waals surface area contributed by atoms with Crippen molar-refractivity contribution in [3.8, 4) is 0 Å². The molecule has 2 atom stereocenters. The van der Waals surface area contributed by atoms with Gasteiger partial charge < -0.3 is 10.7 Å². The van der Waals surface area contributed by atoms with Gasteiger partial charge in [0.25, 0.3) is 5.91 Å². The Morgan fingerprint density at radius 2 is 2.06 bits per heavy atom. The van der Waals surface area contributed by atoms with Crippen molar-refractivity contribution >= 4 is 11.6 Å². The fourth-order valence-corrected chi connectivity index (χ4v) is 2.57. The molecule has 2 unspecified atom stereocenters. The summed E-state index contributed by atoms with van der Waals surface area (Å²) in [7, 11) is 0. The zero-order chi connectivity index (χ0) is 13.0. The summed E-state index contributed by atoms with van der Waals surface area (Å²) in [5.74, 6) is 6.73. The van der Waals surface area contributed by atoms with Crippen molar-refractivity contribution in [2.24, 2.45) is 17.7 Å². The Morgan fingerprint density at radius 3 is 2.61 bits per heavy atom. The summed E-state index contributed by atoms with van der Waals surface area (Å²) >= 11 is 0. The van der Waals surface area contributed by atoms with Crippen LogP contribution in [-0.2, 0) is 0 Å². The third-order valence-corrected chi connectivity index (χ3v) is 3.67. The van der Waals surface area contributed by atoms with Crippen molar-refractivity contribution < 1.29 is 4.79 Å². The van der Waals surface area contributed by atoms with Crippen LogP contribution in [0.4, 0.5) is 5.69 Å². The maximum Gasteiger partial charge on any atom is 0.251 e. The normalized spacial score (nSPS) is 22.8. The number of amides is 1. The van der Waals surface area contributed by atoms with Crippen molar-refractivity contribution in [2.45, 2.75) is 26.2 Å². The lowest BCUT2D eigenvalue weighted by Crippen LogP contribution is -2.28. The number of rotatable bonds is 4. The highest BCUT2D eigenvalue weighted by molar-refractivity contribution is 5.94. The van der Waals surface area contributed by atoms with Crippen LogP contribution in [0.3, 0.4) is 0 Å². The van der Waals surface area contributed by atoms with Crippen LogP contribution in [0, 0.1) is 11.8 Å². The van der Waals surface area contributed by atoms with Crippen LogP contribution < -0.4 is 16.6 Å². The van der Waals surface area contributed by atoms with Gasteiger partial charge in [0, 0.05) is 17.8 Å². The molecule has 1 aliphatic carbocycles. The fourth-order valence-electron chi connectivity index (χ4n) is 2.57. The molecule has 0 saturated heterocycles. The number of nitrogens with one attached hydrogen (secondary N) is 2. The molecule has 0 aliphatic heterocycles. The summed E-state index contributed by atoms with van der Waals surface area (Å²) in [4.78, 5) is 11.9. The van der Waals surface area contributed by atoms with Gasteiger partial charge in [-0.05, 0) is 48.9 Å². The van der Waals surface area contributed by atoms with Gasteiger partial charge in [-0.15, -0.1) is 0 Å². The summed E-state index contributed by atoms with van der Waals surface area (Å²) in [6, 6.07) is 7.16. The van der Waals surface area contributed by atoms with Crippen LogP contribution in [0.5, 0.6) is 0 Å². The molecule has 1 amide bonds. The summed E-state index contributed by atoms with van der Waals surface area (Å²) in [6.45, 7) is 3.07.